The molecule has 3 saturated carbocycles. The number of carbonyl (C=O) groups is 3. The summed E-state index contributed by atoms with van der Waals surface area (Å²) in [6.45, 7) is 6.59. The van der Waals surface area contributed by atoms with Crippen molar-refractivity contribution in [3.63, 3.8) is 0 Å². The van der Waals surface area contributed by atoms with E-state index in [0.717, 1.165) is 0 Å². The minimum atomic E-state index is -2.04. The predicted octanol–water partition coefficient (Wildman–Crippen LogP) is 1.95. The Hall–Kier alpha value is -1.98. The lowest BCUT2D eigenvalue weighted by atomic mass is 9.44. The monoisotopic (exact) mass is 535 g/mol. The Morgan fingerprint density at radius 2 is 1.95 bits per heavy atom. The molecule has 1 heterocycles. The first-order chi connectivity index (χ1) is 17.7. The summed E-state index contributed by atoms with van der Waals surface area (Å²) >= 11 is 0. The second-order valence-electron chi connectivity index (χ2n) is 12.3. The van der Waals surface area contributed by atoms with Crippen LogP contribution in [0.5, 0.6) is 0 Å². The van der Waals surface area contributed by atoms with Gasteiger partial charge in [-0.3, -0.25) is 9.59 Å². The molecule has 5 rings (SSSR count). The number of hydrogen-bond donors (Lipinski definition) is 2. The zero-order valence-electron chi connectivity index (χ0n) is 22.5. The number of aliphatic hydroxyl groups excluding tert-OH is 1. The van der Waals surface area contributed by atoms with Gasteiger partial charge in [0.15, 0.2) is 29.4 Å². The fourth-order valence-corrected chi connectivity index (χ4v) is 8.34. The third-order valence-electron chi connectivity index (χ3n) is 9.89. The van der Waals surface area contributed by atoms with E-state index in [1.165, 1.54) is 12.2 Å². The van der Waals surface area contributed by atoms with Crippen LogP contribution in [0.15, 0.2) is 23.8 Å². The van der Waals surface area contributed by atoms with E-state index in [1.54, 1.807) is 26.8 Å². The summed E-state index contributed by atoms with van der Waals surface area (Å²) in [6, 6.07) is 0. The molecule has 0 bridgehead atoms. The summed E-state index contributed by atoms with van der Waals surface area (Å²) in [5.74, 6) is -3.42. The highest BCUT2D eigenvalue weighted by Crippen LogP contribution is 2.72. The summed E-state index contributed by atoms with van der Waals surface area (Å²) in [7, 11) is 0. The molecule has 3 N–H and O–H groups in total. The van der Waals surface area contributed by atoms with Crippen molar-refractivity contribution in [1.29, 1.82) is 0 Å². The lowest BCUT2D eigenvalue weighted by molar-refractivity contribution is -0.246. The van der Waals surface area contributed by atoms with E-state index in [4.69, 9.17) is 24.7 Å². The maximum absolute atomic E-state index is 17.4. The largest absolute Gasteiger partial charge is 0.456 e. The molecule has 0 radical (unpaired) electrons. The Morgan fingerprint density at radius 3 is 2.66 bits per heavy atom. The maximum atomic E-state index is 17.4. The highest BCUT2D eigenvalue weighted by Gasteiger charge is 2.80. The molecule has 0 aromatic heterocycles. The topological polar surface area (TPSA) is 134 Å². The van der Waals surface area contributed by atoms with Gasteiger partial charge in [0.2, 0.25) is 5.78 Å². The van der Waals surface area contributed by atoms with Crippen LogP contribution in [-0.2, 0) is 33.3 Å². The standard InChI is InChI=1S/C28H38FNO8/c1-24(2)37-22-12-19-18-6-5-16-11-17(31)7-8-25(16,3)27(18,29)20(32)13-26(19,4)28(22,38-24)21(33)14-36-23(34)15-35-10-9-30/h7-8,11,18-20,22,32H,5-6,9-10,12-15,30H2,1-4H3/t18-,19-,20-,22+,25-,26-,27-,28+/m0/s1. The molecule has 0 unspecified atom stereocenters. The number of carbonyl (C=O) groups excluding carboxylic acids is 3. The molecular weight excluding hydrogens is 497 g/mol. The van der Waals surface area contributed by atoms with Crippen molar-refractivity contribution >= 4 is 17.5 Å². The van der Waals surface area contributed by atoms with Gasteiger partial charge in [-0.1, -0.05) is 18.6 Å². The van der Waals surface area contributed by atoms with Gasteiger partial charge in [0.05, 0.1) is 18.8 Å². The molecule has 0 aromatic carbocycles. The van der Waals surface area contributed by atoms with Crippen molar-refractivity contribution in [2.24, 2.45) is 28.4 Å². The first-order valence-corrected chi connectivity index (χ1v) is 13.4. The molecule has 9 nitrogen and oxygen atoms in total. The number of Topliss-reactive ketones (excluding diaryl/α,β-unsaturated/α-hetero) is 1. The zero-order chi connectivity index (χ0) is 27.7. The quantitative estimate of drug-likeness (QED) is 0.370. The molecule has 0 spiro atoms. The lowest BCUT2D eigenvalue weighted by Crippen LogP contribution is -2.70. The molecule has 10 heteroatoms. The highest BCUT2D eigenvalue weighted by atomic mass is 19.1. The van der Waals surface area contributed by atoms with E-state index in [1.807, 2.05) is 6.92 Å². The molecule has 1 saturated heterocycles. The third-order valence-corrected chi connectivity index (χ3v) is 9.89. The Kier molecular flexibility index (Phi) is 6.55. The van der Waals surface area contributed by atoms with Gasteiger partial charge in [0.25, 0.3) is 0 Å². The van der Waals surface area contributed by atoms with Gasteiger partial charge in [-0.25, -0.2) is 9.18 Å². The van der Waals surface area contributed by atoms with Crippen LogP contribution < -0.4 is 5.73 Å². The highest BCUT2D eigenvalue weighted by molar-refractivity contribution is 6.01. The maximum Gasteiger partial charge on any atom is 0.332 e. The molecule has 8 atom stereocenters. The zero-order valence-corrected chi connectivity index (χ0v) is 22.5. The van der Waals surface area contributed by atoms with Crippen molar-refractivity contribution in [1.82, 2.24) is 0 Å². The number of ether oxygens (including phenoxy) is 4. The van der Waals surface area contributed by atoms with Crippen LogP contribution >= 0.6 is 0 Å². The average Bonchev–Trinajstić information content (AvgIpc) is 3.25. The van der Waals surface area contributed by atoms with E-state index in [9.17, 15) is 19.5 Å². The van der Waals surface area contributed by atoms with E-state index in [2.05, 4.69) is 0 Å². The van der Waals surface area contributed by atoms with Crippen LogP contribution in [0.3, 0.4) is 0 Å². The van der Waals surface area contributed by atoms with Gasteiger partial charge in [-0.15, -0.1) is 0 Å². The number of esters is 1. The third kappa shape index (κ3) is 3.63. The number of hydrogen-bond acceptors (Lipinski definition) is 9. The summed E-state index contributed by atoms with van der Waals surface area (Å²) in [6.07, 6.45) is 3.59. The van der Waals surface area contributed by atoms with Gasteiger partial charge in [-0.05, 0) is 64.5 Å². The number of alkyl halides is 1. The van der Waals surface area contributed by atoms with Crippen LogP contribution in [0.25, 0.3) is 0 Å². The summed E-state index contributed by atoms with van der Waals surface area (Å²) < 4.78 is 40.4. The Labute approximate surface area is 221 Å². The lowest BCUT2D eigenvalue weighted by Gasteiger charge is -2.62. The van der Waals surface area contributed by atoms with Crippen LogP contribution in [0, 0.1) is 22.7 Å². The Bertz CT molecular complexity index is 1100. The molecule has 1 aliphatic heterocycles. The van der Waals surface area contributed by atoms with E-state index in [-0.39, 0.29) is 37.9 Å². The van der Waals surface area contributed by atoms with Crippen LogP contribution in [0.4, 0.5) is 4.39 Å². The van der Waals surface area contributed by atoms with Gasteiger partial charge in [0, 0.05) is 23.3 Å². The van der Waals surface area contributed by atoms with E-state index < -0.39 is 64.4 Å². The Morgan fingerprint density at radius 1 is 1.21 bits per heavy atom. The molecule has 4 aliphatic carbocycles. The van der Waals surface area contributed by atoms with Gasteiger partial charge in [0.1, 0.15) is 6.61 Å². The average molecular weight is 536 g/mol. The molecule has 0 amide bonds. The van der Waals surface area contributed by atoms with Crippen molar-refractivity contribution in [2.75, 3.05) is 26.4 Å². The molecule has 0 aromatic rings. The molecule has 210 valence electrons. The van der Waals surface area contributed by atoms with Crippen molar-refractivity contribution in [3.8, 4) is 0 Å². The normalized spacial score (nSPS) is 44.5. The Balaban J connectivity index is 1.48. The fourth-order valence-electron chi connectivity index (χ4n) is 8.34. The van der Waals surface area contributed by atoms with Crippen molar-refractivity contribution in [2.45, 2.75) is 82.6 Å². The van der Waals surface area contributed by atoms with Crippen LogP contribution in [-0.4, -0.2) is 78.3 Å². The first kappa shape index (κ1) is 27.6. The number of nitrogens with two attached hydrogens (primary N) is 1. The van der Waals surface area contributed by atoms with E-state index >= 15 is 4.39 Å². The second-order valence-corrected chi connectivity index (χ2v) is 12.3. The van der Waals surface area contributed by atoms with Gasteiger partial charge in [-0.2, -0.15) is 0 Å². The van der Waals surface area contributed by atoms with Crippen LogP contribution in [0.1, 0.15) is 53.4 Å². The minimum Gasteiger partial charge on any atom is -0.456 e. The van der Waals surface area contributed by atoms with Gasteiger partial charge >= 0.3 is 5.97 Å². The van der Waals surface area contributed by atoms with Crippen LogP contribution in [0.2, 0.25) is 0 Å². The molecule has 5 aliphatic rings. The number of allylic oxidation sites excluding steroid dienone is 4. The van der Waals surface area contributed by atoms with Crippen molar-refractivity contribution in [3.05, 3.63) is 23.8 Å². The number of aliphatic hydroxyl groups is 1. The summed E-state index contributed by atoms with van der Waals surface area (Å²) in [5, 5.41) is 11.6. The smallest absolute Gasteiger partial charge is 0.332 e. The minimum absolute atomic E-state index is 0.0510. The van der Waals surface area contributed by atoms with Gasteiger partial charge < -0.3 is 29.8 Å². The fraction of sp³-hybridized carbons (Fsp3) is 0.750. The molecular formula is C28H38FNO8. The SMILES string of the molecule is CC1(C)O[C@@H]2C[C@H]3[C@@H]4CCC5=CC(=O)C=C[C@]5(C)[C@@]4(F)[C@@H](O)C[C@]3(C)[C@]2(C(=O)COC(=O)COCCN)O1. The number of fused-ring (bicyclic) bond motifs is 7. The second kappa shape index (κ2) is 9.02. The number of rotatable bonds is 7. The molecule has 38 heavy (non-hydrogen) atoms. The number of ketones is 2. The van der Waals surface area contributed by atoms with E-state index in [0.29, 0.717) is 24.8 Å². The van der Waals surface area contributed by atoms with Crippen molar-refractivity contribution < 1.29 is 42.8 Å². The summed E-state index contributed by atoms with van der Waals surface area (Å²) in [5.41, 5.74) is 0.357. The summed E-state index contributed by atoms with van der Waals surface area (Å²) in [4.78, 5) is 38.1. The first-order valence-electron chi connectivity index (χ1n) is 13.4. The number of halogens is 1. The molecule has 4 fully saturated rings. The predicted molar refractivity (Wildman–Crippen MR) is 132 cm³/mol.